The predicted octanol–water partition coefficient (Wildman–Crippen LogP) is 1.82. The van der Waals surface area contributed by atoms with Gasteiger partial charge in [0, 0.05) is 0 Å². The lowest BCUT2D eigenvalue weighted by molar-refractivity contribution is -0.144. The average molecular weight is 256 g/mol. The molecule has 6 heteroatoms. The van der Waals surface area contributed by atoms with Crippen molar-refractivity contribution in [2.24, 2.45) is 0 Å². The molecule has 0 radical (unpaired) electrons. The number of carbonyl (C=O) groups is 2. The number of thiazole rings is 1. The van der Waals surface area contributed by atoms with Crippen LogP contribution in [-0.2, 0) is 4.79 Å². The average Bonchev–Trinajstić information content (AvgIpc) is 2.64. The highest BCUT2D eigenvalue weighted by molar-refractivity contribution is 7.11. The van der Waals surface area contributed by atoms with Crippen LogP contribution in [0.4, 0.5) is 0 Å². The lowest BCUT2D eigenvalue weighted by Gasteiger charge is -2.25. The Hall–Kier alpha value is -1.43. The van der Waals surface area contributed by atoms with E-state index in [-0.39, 0.29) is 5.91 Å². The Morgan fingerprint density at radius 2 is 2.24 bits per heavy atom. The molecular formula is C11H16N2O3S. The van der Waals surface area contributed by atoms with Crippen molar-refractivity contribution in [3.05, 3.63) is 16.1 Å². The molecule has 94 valence electrons. The molecule has 0 saturated carbocycles. The molecule has 1 atom stereocenters. The smallest absolute Gasteiger partial charge is 0.329 e. The fraction of sp³-hybridized carbons (Fsp3) is 0.545. The highest BCUT2D eigenvalue weighted by Crippen LogP contribution is 2.17. The number of aromatic nitrogens is 1. The van der Waals surface area contributed by atoms with Gasteiger partial charge in [-0.3, -0.25) is 4.79 Å². The molecule has 1 unspecified atom stereocenters. The fourth-order valence-electron chi connectivity index (χ4n) is 1.55. The monoisotopic (exact) mass is 256 g/mol. The van der Waals surface area contributed by atoms with Crippen molar-refractivity contribution in [2.75, 3.05) is 0 Å². The minimum Gasteiger partial charge on any atom is -0.480 e. The van der Waals surface area contributed by atoms with E-state index in [9.17, 15) is 9.59 Å². The number of aliphatic carboxylic acids is 1. The molecule has 2 N–H and O–H groups in total. The topological polar surface area (TPSA) is 79.3 Å². The minimum absolute atomic E-state index is 0.372. The summed E-state index contributed by atoms with van der Waals surface area (Å²) in [7, 11) is 0. The third-order valence-corrected chi connectivity index (χ3v) is 3.49. The maximum atomic E-state index is 11.9. The molecule has 1 rings (SSSR count). The van der Waals surface area contributed by atoms with Crippen LogP contribution in [0, 0.1) is 6.92 Å². The van der Waals surface area contributed by atoms with Gasteiger partial charge in [0.05, 0.1) is 11.2 Å². The first-order valence-corrected chi connectivity index (χ1v) is 6.24. The number of hydrogen-bond donors (Lipinski definition) is 2. The van der Waals surface area contributed by atoms with Crippen molar-refractivity contribution in [3.63, 3.8) is 0 Å². The Labute approximate surface area is 104 Å². The van der Waals surface area contributed by atoms with Crippen molar-refractivity contribution in [2.45, 2.75) is 39.2 Å². The normalized spacial score (nSPS) is 14.1. The largest absolute Gasteiger partial charge is 0.480 e. The SMILES string of the molecule is CCCC(C)(NC(=O)c1scnc1C)C(=O)O. The molecule has 17 heavy (non-hydrogen) atoms. The number of carboxylic acid groups (broad SMARTS) is 1. The maximum absolute atomic E-state index is 11.9. The molecule has 1 aromatic heterocycles. The van der Waals surface area contributed by atoms with Crippen LogP contribution in [0.15, 0.2) is 5.51 Å². The number of nitrogens with one attached hydrogen (secondary N) is 1. The molecule has 0 aliphatic rings. The van der Waals surface area contributed by atoms with Gasteiger partial charge in [-0.25, -0.2) is 9.78 Å². The van der Waals surface area contributed by atoms with Gasteiger partial charge in [-0.1, -0.05) is 13.3 Å². The summed E-state index contributed by atoms with van der Waals surface area (Å²) in [5.41, 5.74) is 0.974. The first-order chi connectivity index (χ1) is 7.90. The number of nitrogens with zero attached hydrogens (tertiary/aromatic N) is 1. The van der Waals surface area contributed by atoms with Gasteiger partial charge in [0.15, 0.2) is 0 Å². The zero-order chi connectivity index (χ0) is 13.1. The summed E-state index contributed by atoms with van der Waals surface area (Å²) in [4.78, 5) is 27.5. The van der Waals surface area contributed by atoms with E-state index in [4.69, 9.17) is 5.11 Å². The lowest BCUT2D eigenvalue weighted by Crippen LogP contribution is -2.52. The molecule has 1 aromatic rings. The summed E-state index contributed by atoms with van der Waals surface area (Å²) in [6.45, 7) is 5.13. The number of hydrogen-bond acceptors (Lipinski definition) is 4. The minimum atomic E-state index is -1.22. The van der Waals surface area contributed by atoms with E-state index in [2.05, 4.69) is 10.3 Å². The number of rotatable bonds is 5. The van der Waals surface area contributed by atoms with Crippen LogP contribution in [0.2, 0.25) is 0 Å². The van der Waals surface area contributed by atoms with Crippen LogP contribution < -0.4 is 5.32 Å². The Morgan fingerprint density at radius 1 is 1.59 bits per heavy atom. The molecule has 1 heterocycles. The molecule has 0 aromatic carbocycles. The molecular weight excluding hydrogens is 240 g/mol. The Balaban J connectivity index is 2.85. The van der Waals surface area contributed by atoms with Crippen LogP contribution in [0.25, 0.3) is 0 Å². The second-order valence-electron chi connectivity index (χ2n) is 4.11. The highest BCUT2D eigenvalue weighted by atomic mass is 32.1. The van der Waals surface area contributed by atoms with Gasteiger partial charge in [0.1, 0.15) is 10.4 Å². The molecule has 0 aliphatic heterocycles. The zero-order valence-electron chi connectivity index (χ0n) is 10.1. The van der Waals surface area contributed by atoms with Gasteiger partial charge in [0.25, 0.3) is 5.91 Å². The third-order valence-electron chi connectivity index (χ3n) is 2.56. The number of carboxylic acids is 1. The maximum Gasteiger partial charge on any atom is 0.329 e. The summed E-state index contributed by atoms with van der Waals surface area (Å²) < 4.78 is 0. The Bertz CT molecular complexity index is 430. The van der Waals surface area contributed by atoms with E-state index in [1.165, 1.54) is 18.3 Å². The quantitative estimate of drug-likeness (QED) is 0.842. The van der Waals surface area contributed by atoms with Crippen molar-refractivity contribution < 1.29 is 14.7 Å². The first-order valence-electron chi connectivity index (χ1n) is 5.36. The molecule has 0 fully saturated rings. The van der Waals surface area contributed by atoms with Crippen molar-refractivity contribution in [1.82, 2.24) is 10.3 Å². The predicted molar refractivity (Wildman–Crippen MR) is 65.3 cm³/mol. The number of aryl methyl sites for hydroxylation is 1. The van der Waals surface area contributed by atoms with E-state index in [0.29, 0.717) is 23.4 Å². The van der Waals surface area contributed by atoms with Crippen LogP contribution >= 0.6 is 11.3 Å². The molecule has 5 nitrogen and oxygen atoms in total. The van der Waals surface area contributed by atoms with Crippen molar-refractivity contribution >= 4 is 23.2 Å². The highest BCUT2D eigenvalue weighted by Gasteiger charge is 2.34. The Kier molecular flexibility index (Phi) is 4.22. The van der Waals surface area contributed by atoms with Crippen LogP contribution in [0.5, 0.6) is 0 Å². The molecule has 0 aliphatic carbocycles. The van der Waals surface area contributed by atoms with E-state index in [1.807, 2.05) is 6.92 Å². The van der Waals surface area contributed by atoms with Gasteiger partial charge in [-0.15, -0.1) is 11.3 Å². The molecule has 1 amide bonds. The van der Waals surface area contributed by atoms with Gasteiger partial charge < -0.3 is 10.4 Å². The molecule has 0 saturated heterocycles. The summed E-state index contributed by atoms with van der Waals surface area (Å²) in [5.74, 6) is -1.39. The Morgan fingerprint density at radius 3 is 2.65 bits per heavy atom. The number of amides is 1. The number of carbonyl (C=O) groups excluding carboxylic acids is 1. The van der Waals surface area contributed by atoms with Crippen molar-refractivity contribution in [1.29, 1.82) is 0 Å². The second kappa shape index (κ2) is 5.27. The lowest BCUT2D eigenvalue weighted by atomic mass is 9.96. The first kappa shape index (κ1) is 13.6. The molecule has 0 spiro atoms. The second-order valence-corrected chi connectivity index (χ2v) is 4.96. The summed E-state index contributed by atoms with van der Waals surface area (Å²) in [5, 5.41) is 11.7. The van der Waals surface area contributed by atoms with Gasteiger partial charge >= 0.3 is 5.97 Å². The molecule has 0 bridgehead atoms. The summed E-state index contributed by atoms with van der Waals surface area (Å²) in [6.07, 6.45) is 1.08. The van der Waals surface area contributed by atoms with Crippen LogP contribution in [-0.4, -0.2) is 27.5 Å². The van der Waals surface area contributed by atoms with E-state index in [1.54, 1.807) is 12.4 Å². The van der Waals surface area contributed by atoms with Crippen LogP contribution in [0.3, 0.4) is 0 Å². The fourth-order valence-corrected chi connectivity index (χ4v) is 2.25. The van der Waals surface area contributed by atoms with E-state index in [0.717, 1.165) is 0 Å². The third kappa shape index (κ3) is 3.03. The zero-order valence-corrected chi connectivity index (χ0v) is 10.9. The van der Waals surface area contributed by atoms with Gasteiger partial charge in [0.2, 0.25) is 0 Å². The van der Waals surface area contributed by atoms with Crippen LogP contribution in [0.1, 0.15) is 42.1 Å². The van der Waals surface area contributed by atoms with Crippen molar-refractivity contribution in [3.8, 4) is 0 Å². The summed E-state index contributed by atoms with van der Waals surface area (Å²) >= 11 is 1.21. The van der Waals surface area contributed by atoms with E-state index >= 15 is 0 Å². The standard InChI is InChI=1S/C11H16N2O3S/c1-4-5-11(3,10(15)16)13-9(14)8-7(2)12-6-17-8/h6H,4-5H2,1-3H3,(H,13,14)(H,15,16). The van der Waals surface area contributed by atoms with Gasteiger partial charge in [-0.05, 0) is 20.3 Å². The van der Waals surface area contributed by atoms with Gasteiger partial charge in [-0.2, -0.15) is 0 Å². The summed E-state index contributed by atoms with van der Waals surface area (Å²) in [6, 6.07) is 0. The van der Waals surface area contributed by atoms with E-state index < -0.39 is 11.5 Å².